The monoisotopic (exact) mass is 249 g/mol. The Morgan fingerprint density at radius 1 is 1.61 bits per heavy atom. The van der Waals surface area contributed by atoms with Gasteiger partial charge in [0.2, 0.25) is 5.91 Å². The van der Waals surface area contributed by atoms with Crippen LogP contribution in [0.1, 0.15) is 18.9 Å². The number of amides is 1. The Bertz CT molecular complexity index is 448. The first-order valence-electron chi connectivity index (χ1n) is 6.23. The van der Waals surface area contributed by atoms with Crippen LogP contribution in [0.4, 0.5) is 11.6 Å². The number of anilines is 2. The van der Waals surface area contributed by atoms with E-state index in [-0.39, 0.29) is 11.8 Å². The molecular formula is C12H19N5O. The Balaban J connectivity index is 2.26. The fourth-order valence-corrected chi connectivity index (χ4v) is 2.40. The van der Waals surface area contributed by atoms with Crippen LogP contribution in [-0.4, -0.2) is 36.0 Å². The fourth-order valence-electron chi connectivity index (χ4n) is 2.40. The van der Waals surface area contributed by atoms with Crippen molar-refractivity contribution in [3.05, 3.63) is 11.9 Å². The summed E-state index contributed by atoms with van der Waals surface area (Å²) in [5, 5.41) is 3.07. The van der Waals surface area contributed by atoms with Gasteiger partial charge in [-0.25, -0.2) is 9.97 Å². The number of aromatic nitrogens is 2. The van der Waals surface area contributed by atoms with Gasteiger partial charge in [0.05, 0.1) is 5.92 Å². The maximum atomic E-state index is 11.2. The van der Waals surface area contributed by atoms with Gasteiger partial charge < -0.3 is 16.0 Å². The molecule has 0 aliphatic carbocycles. The van der Waals surface area contributed by atoms with Gasteiger partial charge >= 0.3 is 0 Å². The SMILES string of the molecule is CCc1c(NC)ncnc1N1CCC(C(N)=O)C1. The molecule has 0 radical (unpaired) electrons. The predicted molar refractivity (Wildman–Crippen MR) is 70.5 cm³/mol. The van der Waals surface area contributed by atoms with Crippen molar-refractivity contribution in [3.63, 3.8) is 0 Å². The number of hydrogen-bond acceptors (Lipinski definition) is 5. The zero-order valence-electron chi connectivity index (χ0n) is 10.8. The summed E-state index contributed by atoms with van der Waals surface area (Å²) in [6.07, 6.45) is 3.21. The third-order valence-electron chi connectivity index (χ3n) is 3.40. The Morgan fingerprint density at radius 3 is 2.94 bits per heavy atom. The molecule has 1 aliphatic rings. The Hall–Kier alpha value is -1.85. The van der Waals surface area contributed by atoms with E-state index in [0.29, 0.717) is 6.54 Å². The van der Waals surface area contributed by atoms with Crippen molar-refractivity contribution >= 4 is 17.5 Å². The smallest absolute Gasteiger partial charge is 0.222 e. The van der Waals surface area contributed by atoms with E-state index in [0.717, 1.165) is 36.6 Å². The average Bonchev–Trinajstić information content (AvgIpc) is 2.87. The van der Waals surface area contributed by atoms with Crippen LogP contribution in [0.15, 0.2) is 6.33 Å². The first-order chi connectivity index (χ1) is 8.67. The summed E-state index contributed by atoms with van der Waals surface area (Å²) in [6, 6.07) is 0. The van der Waals surface area contributed by atoms with Crippen LogP contribution < -0.4 is 16.0 Å². The van der Waals surface area contributed by atoms with Gasteiger partial charge in [0.15, 0.2) is 0 Å². The van der Waals surface area contributed by atoms with Crippen molar-refractivity contribution in [2.75, 3.05) is 30.4 Å². The van der Waals surface area contributed by atoms with Crippen molar-refractivity contribution in [2.24, 2.45) is 11.7 Å². The third kappa shape index (κ3) is 2.23. The molecule has 0 saturated carbocycles. The van der Waals surface area contributed by atoms with Crippen LogP contribution in [0.5, 0.6) is 0 Å². The molecular weight excluding hydrogens is 230 g/mol. The van der Waals surface area contributed by atoms with Gasteiger partial charge in [-0.1, -0.05) is 6.92 Å². The summed E-state index contributed by atoms with van der Waals surface area (Å²) in [5.74, 6) is 1.48. The van der Waals surface area contributed by atoms with Gasteiger partial charge in [-0.15, -0.1) is 0 Å². The normalized spacial score (nSPS) is 19.0. The maximum Gasteiger partial charge on any atom is 0.222 e. The van der Waals surface area contributed by atoms with Crippen molar-refractivity contribution < 1.29 is 4.79 Å². The number of rotatable bonds is 4. The number of carbonyl (C=O) groups excluding carboxylic acids is 1. The molecule has 6 heteroatoms. The number of primary amides is 1. The number of carbonyl (C=O) groups is 1. The van der Waals surface area contributed by atoms with Crippen molar-refractivity contribution in [3.8, 4) is 0 Å². The molecule has 1 amide bonds. The second kappa shape index (κ2) is 5.20. The van der Waals surface area contributed by atoms with Gasteiger partial charge in [0.25, 0.3) is 0 Å². The van der Waals surface area contributed by atoms with Crippen molar-refractivity contribution in [2.45, 2.75) is 19.8 Å². The van der Waals surface area contributed by atoms with Crippen LogP contribution >= 0.6 is 0 Å². The molecule has 0 bridgehead atoms. The summed E-state index contributed by atoms with van der Waals surface area (Å²) in [7, 11) is 1.85. The summed E-state index contributed by atoms with van der Waals surface area (Å²) in [6.45, 7) is 3.55. The number of nitrogens with zero attached hydrogens (tertiary/aromatic N) is 3. The molecule has 1 unspecified atom stereocenters. The second-order valence-corrected chi connectivity index (χ2v) is 4.46. The number of nitrogens with one attached hydrogen (secondary N) is 1. The van der Waals surface area contributed by atoms with E-state index in [1.54, 1.807) is 6.33 Å². The molecule has 1 fully saturated rings. The lowest BCUT2D eigenvalue weighted by atomic mass is 10.1. The van der Waals surface area contributed by atoms with E-state index in [2.05, 4.69) is 27.1 Å². The Labute approximate surface area is 107 Å². The lowest BCUT2D eigenvalue weighted by molar-refractivity contribution is -0.121. The van der Waals surface area contributed by atoms with E-state index in [1.165, 1.54) is 0 Å². The number of nitrogens with two attached hydrogens (primary N) is 1. The van der Waals surface area contributed by atoms with Crippen molar-refractivity contribution in [1.82, 2.24) is 9.97 Å². The van der Waals surface area contributed by atoms with E-state index in [1.807, 2.05) is 7.05 Å². The molecule has 2 heterocycles. The zero-order chi connectivity index (χ0) is 13.1. The molecule has 0 aromatic carbocycles. The summed E-state index contributed by atoms with van der Waals surface area (Å²) in [5.41, 5.74) is 6.44. The van der Waals surface area contributed by atoms with E-state index >= 15 is 0 Å². The quantitative estimate of drug-likeness (QED) is 0.806. The zero-order valence-corrected chi connectivity index (χ0v) is 10.8. The largest absolute Gasteiger partial charge is 0.373 e. The van der Waals surface area contributed by atoms with Gasteiger partial charge in [-0.2, -0.15) is 0 Å². The minimum Gasteiger partial charge on any atom is -0.373 e. The molecule has 2 rings (SSSR count). The van der Waals surface area contributed by atoms with Gasteiger partial charge in [0, 0.05) is 25.7 Å². The predicted octanol–water partition coefficient (Wildman–Crippen LogP) is 0.392. The Morgan fingerprint density at radius 2 is 2.39 bits per heavy atom. The lowest BCUT2D eigenvalue weighted by Gasteiger charge is -2.21. The highest BCUT2D eigenvalue weighted by atomic mass is 16.1. The topological polar surface area (TPSA) is 84.1 Å². The molecule has 1 aromatic rings. The van der Waals surface area contributed by atoms with Crippen LogP contribution in [0.2, 0.25) is 0 Å². The molecule has 1 atom stereocenters. The molecule has 1 aliphatic heterocycles. The van der Waals surface area contributed by atoms with Gasteiger partial charge in [0.1, 0.15) is 18.0 Å². The summed E-state index contributed by atoms with van der Waals surface area (Å²) >= 11 is 0. The van der Waals surface area contributed by atoms with E-state index in [4.69, 9.17) is 5.73 Å². The minimum atomic E-state index is -0.224. The average molecular weight is 249 g/mol. The van der Waals surface area contributed by atoms with Crippen LogP contribution in [0.3, 0.4) is 0 Å². The van der Waals surface area contributed by atoms with Gasteiger partial charge in [-0.3, -0.25) is 4.79 Å². The van der Waals surface area contributed by atoms with Crippen molar-refractivity contribution in [1.29, 1.82) is 0 Å². The maximum absolute atomic E-state index is 11.2. The van der Waals surface area contributed by atoms with Gasteiger partial charge in [-0.05, 0) is 12.8 Å². The van der Waals surface area contributed by atoms with Crippen LogP contribution in [0, 0.1) is 5.92 Å². The fraction of sp³-hybridized carbons (Fsp3) is 0.583. The molecule has 18 heavy (non-hydrogen) atoms. The molecule has 0 spiro atoms. The summed E-state index contributed by atoms with van der Waals surface area (Å²) in [4.78, 5) is 21.9. The highest BCUT2D eigenvalue weighted by Gasteiger charge is 2.29. The molecule has 3 N–H and O–H groups in total. The minimum absolute atomic E-state index is 0.0669. The first-order valence-corrected chi connectivity index (χ1v) is 6.23. The van der Waals surface area contributed by atoms with E-state index < -0.39 is 0 Å². The Kier molecular flexibility index (Phi) is 3.64. The van der Waals surface area contributed by atoms with Crippen LogP contribution in [-0.2, 0) is 11.2 Å². The highest BCUT2D eigenvalue weighted by molar-refractivity contribution is 5.78. The van der Waals surface area contributed by atoms with Crippen LogP contribution in [0.25, 0.3) is 0 Å². The first kappa shape index (κ1) is 12.6. The molecule has 98 valence electrons. The summed E-state index contributed by atoms with van der Waals surface area (Å²) < 4.78 is 0. The third-order valence-corrected chi connectivity index (χ3v) is 3.40. The molecule has 1 aromatic heterocycles. The second-order valence-electron chi connectivity index (χ2n) is 4.46. The standard InChI is InChI=1S/C12H19N5O/c1-3-9-11(14-2)15-7-16-12(9)17-5-4-8(6-17)10(13)18/h7-8H,3-6H2,1-2H3,(H2,13,18)(H,14,15,16). The van der Waals surface area contributed by atoms with E-state index in [9.17, 15) is 4.79 Å². The lowest BCUT2D eigenvalue weighted by Crippen LogP contribution is -2.28. The highest BCUT2D eigenvalue weighted by Crippen LogP contribution is 2.28. The number of hydrogen-bond donors (Lipinski definition) is 2. The molecule has 1 saturated heterocycles. The molecule has 6 nitrogen and oxygen atoms in total.